The van der Waals surface area contributed by atoms with Crippen molar-refractivity contribution in [2.24, 2.45) is 0 Å². The lowest BCUT2D eigenvalue weighted by molar-refractivity contribution is 0.0686. The van der Waals surface area contributed by atoms with Gasteiger partial charge in [0, 0.05) is 0 Å². The lowest BCUT2D eigenvalue weighted by Gasteiger charge is -2.13. The fourth-order valence-electron chi connectivity index (χ4n) is 1.77. The minimum Gasteiger partial charge on any atom is -0.478 e. The molecule has 2 rings (SSSR count). The van der Waals surface area contributed by atoms with Gasteiger partial charge in [-0.15, -0.1) is 0 Å². The molecule has 1 N–H and O–H groups in total. The Morgan fingerprint density at radius 3 is 2.57 bits per heavy atom. The summed E-state index contributed by atoms with van der Waals surface area (Å²) in [6, 6.07) is 8.48. The second kappa shape index (κ2) is 6.21. The Morgan fingerprint density at radius 2 is 2.00 bits per heavy atom. The Hall–Kier alpha value is -2.63. The van der Waals surface area contributed by atoms with Crippen LogP contribution in [0.4, 0.5) is 0 Å². The average molecular weight is 288 g/mol. The zero-order valence-corrected chi connectivity index (χ0v) is 11.9. The minimum absolute atomic E-state index is 0.232. The van der Waals surface area contributed by atoms with Gasteiger partial charge < -0.3 is 9.84 Å². The van der Waals surface area contributed by atoms with Crippen LogP contribution in [-0.4, -0.2) is 27.5 Å². The number of aromatic nitrogens is 2. The quantitative estimate of drug-likeness (QED) is 0.910. The molecule has 0 bridgehead atoms. The normalized spacial score (nSPS) is 10.4. The zero-order valence-electron chi connectivity index (χ0n) is 11.9. The number of carbonyl (C=O) groups is 1. The van der Waals surface area contributed by atoms with E-state index >= 15 is 0 Å². The third-order valence-corrected chi connectivity index (χ3v) is 2.83. The molecule has 0 atom stereocenters. The summed E-state index contributed by atoms with van der Waals surface area (Å²) in [5, 5.41) is 12.9. The number of hydrogen-bond donors (Lipinski definition) is 1. The van der Waals surface area contributed by atoms with Gasteiger partial charge in [0.15, 0.2) is 0 Å². The summed E-state index contributed by atoms with van der Waals surface area (Å²) in [5.41, 5.74) is 0.500. The molecule has 21 heavy (non-hydrogen) atoms. The van der Waals surface area contributed by atoms with Crippen molar-refractivity contribution < 1.29 is 14.6 Å². The third-order valence-electron chi connectivity index (χ3n) is 2.83. The number of benzene rings is 1. The van der Waals surface area contributed by atoms with E-state index in [0.29, 0.717) is 12.3 Å². The van der Waals surface area contributed by atoms with Crippen LogP contribution in [0.3, 0.4) is 0 Å². The standard InChI is InChI=1S/C15H16N2O4/c1-3-8-21-13-9-12(18)14(15(19)20)16-17(13)11-6-4-10(2)5-7-11/h4-7,9H,3,8H2,1-2H3,(H,19,20). The van der Waals surface area contributed by atoms with Crippen LogP contribution in [0.25, 0.3) is 5.69 Å². The van der Waals surface area contributed by atoms with E-state index < -0.39 is 17.1 Å². The van der Waals surface area contributed by atoms with E-state index in [2.05, 4.69) is 5.10 Å². The van der Waals surface area contributed by atoms with Gasteiger partial charge in [-0.1, -0.05) is 24.6 Å². The van der Waals surface area contributed by atoms with Crippen LogP contribution in [0, 0.1) is 6.92 Å². The first-order chi connectivity index (χ1) is 10.0. The summed E-state index contributed by atoms with van der Waals surface area (Å²) in [6.45, 7) is 4.30. The molecule has 0 saturated carbocycles. The Balaban J connectivity index is 2.59. The van der Waals surface area contributed by atoms with Crippen molar-refractivity contribution in [2.75, 3.05) is 6.61 Å². The van der Waals surface area contributed by atoms with Crippen LogP contribution in [0.2, 0.25) is 0 Å². The SMILES string of the molecule is CCCOc1cc(=O)c(C(=O)O)nn1-c1ccc(C)cc1. The maximum absolute atomic E-state index is 11.7. The smallest absolute Gasteiger partial charge is 0.360 e. The van der Waals surface area contributed by atoms with E-state index in [1.807, 2.05) is 26.0 Å². The molecule has 6 nitrogen and oxygen atoms in total. The topological polar surface area (TPSA) is 81.4 Å². The number of carboxylic acid groups (broad SMARTS) is 1. The second-order valence-corrected chi connectivity index (χ2v) is 4.60. The summed E-state index contributed by atoms with van der Waals surface area (Å²) in [6.07, 6.45) is 0.767. The summed E-state index contributed by atoms with van der Waals surface area (Å²) >= 11 is 0. The van der Waals surface area contributed by atoms with Gasteiger partial charge in [-0.05, 0) is 25.5 Å². The predicted molar refractivity (Wildman–Crippen MR) is 77.3 cm³/mol. The average Bonchev–Trinajstić information content (AvgIpc) is 2.46. The molecule has 0 aliphatic carbocycles. The number of nitrogens with zero attached hydrogens (tertiary/aromatic N) is 2. The zero-order chi connectivity index (χ0) is 15.4. The largest absolute Gasteiger partial charge is 0.478 e. The van der Waals surface area contributed by atoms with Crippen LogP contribution >= 0.6 is 0 Å². The van der Waals surface area contributed by atoms with Crippen molar-refractivity contribution in [2.45, 2.75) is 20.3 Å². The summed E-state index contributed by atoms with van der Waals surface area (Å²) in [5.74, 6) is -1.13. The lowest BCUT2D eigenvalue weighted by atomic mass is 10.2. The van der Waals surface area contributed by atoms with Crippen molar-refractivity contribution in [3.05, 3.63) is 51.8 Å². The van der Waals surface area contributed by atoms with E-state index in [9.17, 15) is 9.59 Å². The van der Waals surface area contributed by atoms with Crippen molar-refractivity contribution in [1.82, 2.24) is 9.78 Å². The molecule has 0 radical (unpaired) electrons. The van der Waals surface area contributed by atoms with Gasteiger partial charge in [0.1, 0.15) is 0 Å². The predicted octanol–water partition coefficient (Wildman–Crippen LogP) is 2.03. The highest BCUT2D eigenvalue weighted by Gasteiger charge is 2.16. The molecule has 6 heteroatoms. The summed E-state index contributed by atoms with van der Waals surface area (Å²) in [4.78, 5) is 22.8. The van der Waals surface area contributed by atoms with E-state index in [1.54, 1.807) is 12.1 Å². The van der Waals surface area contributed by atoms with Gasteiger partial charge >= 0.3 is 5.97 Å². The molecule has 0 aliphatic rings. The Labute approximate surface area is 121 Å². The molecule has 110 valence electrons. The Morgan fingerprint density at radius 1 is 1.33 bits per heavy atom. The lowest BCUT2D eigenvalue weighted by Crippen LogP contribution is -2.22. The van der Waals surface area contributed by atoms with Gasteiger partial charge in [-0.25, -0.2) is 9.48 Å². The molecule has 1 aromatic carbocycles. The van der Waals surface area contributed by atoms with Crippen molar-refractivity contribution in [1.29, 1.82) is 0 Å². The number of rotatable bonds is 5. The van der Waals surface area contributed by atoms with Gasteiger partial charge in [0.25, 0.3) is 0 Å². The van der Waals surface area contributed by atoms with Crippen LogP contribution in [-0.2, 0) is 0 Å². The number of carboxylic acids is 1. The Kier molecular flexibility index (Phi) is 4.37. The summed E-state index contributed by atoms with van der Waals surface area (Å²) < 4.78 is 6.83. The maximum atomic E-state index is 11.7. The molecule has 1 aromatic heterocycles. The maximum Gasteiger partial charge on any atom is 0.360 e. The van der Waals surface area contributed by atoms with Gasteiger partial charge in [-0.2, -0.15) is 5.10 Å². The first-order valence-corrected chi connectivity index (χ1v) is 6.60. The fraction of sp³-hybridized carbons (Fsp3) is 0.267. The van der Waals surface area contributed by atoms with Crippen LogP contribution < -0.4 is 10.2 Å². The molecule has 0 amide bonds. The molecule has 1 heterocycles. The first-order valence-electron chi connectivity index (χ1n) is 6.60. The van der Waals surface area contributed by atoms with Gasteiger partial charge in [0.05, 0.1) is 18.4 Å². The van der Waals surface area contributed by atoms with Crippen LogP contribution in [0.5, 0.6) is 5.88 Å². The molecule has 0 saturated heterocycles. The minimum atomic E-state index is -1.36. The van der Waals surface area contributed by atoms with Crippen molar-refractivity contribution >= 4 is 5.97 Å². The second-order valence-electron chi connectivity index (χ2n) is 4.60. The summed E-state index contributed by atoms with van der Waals surface area (Å²) in [7, 11) is 0. The number of hydrogen-bond acceptors (Lipinski definition) is 4. The Bertz CT molecular complexity index is 705. The highest BCUT2D eigenvalue weighted by atomic mass is 16.5. The van der Waals surface area contributed by atoms with Gasteiger partial charge in [-0.3, -0.25) is 4.79 Å². The van der Waals surface area contributed by atoms with Crippen molar-refractivity contribution in [3.8, 4) is 11.6 Å². The molecule has 0 fully saturated rings. The molecular formula is C15H16N2O4. The van der Waals surface area contributed by atoms with Crippen LogP contribution in [0.15, 0.2) is 35.1 Å². The van der Waals surface area contributed by atoms with Crippen molar-refractivity contribution in [3.63, 3.8) is 0 Å². The molecule has 0 unspecified atom stereocenters. The molecule has 2 aromatic rings. The fourth-order valence-corrected chi connectivity index (χ4v) is 1.77. The van der Waals surface area contributed by atoms with Crippen LogP contribution in [0.1, 0.15) is 29.4 Å². The molecular weight excluding hydrogens is 272 g/mol. The highest BCUT2D eigenvalue weighted by Crippen LogP contribution is 2.16. The van der Waals surface area contributed by atoms with E-state index in [-0.39, 0.29) is 5.88 Å². The molecule has 0 aliphatic heterocycles. The highest BCUT2D eigenvalue weighted by molar-refractivity contribution is 5.85. The first kappa shape index (κ1) is 14.8. The molecule has 0 spiro atoms. The number of aromatic carboxylic acids is 1. The van der Waals surface area contributed by atoms with Gasteiger partial charge in [0.2, 0.25) is 17.0 Å². The van der Waals surface area contributed by atoms with E-state index in [4.69, 9.17) is 9.84 Å². The monoisotopic (exact) mass is 288 g/mol. The third kappa shape index (κ3) is 3.28. The number of aryl methyl sites for hydroxylation is 1. The van der Waals surface area contributed by atoms with E-state index in [1.165, 1.54) is 4.68 Å². The van der Waals surface area contributed by atoms with E-state index in [0.717, 1.165) is 18.1 Å². The number of ether oxygens (including phenoxy) is 1.